The standard InChI is InChI=1S/C15H21N3O/c1-3-11-6-8-15(16,9-7-11)14-18-13-12(19-14)5-4-10(2)17-13/h4-5,11H,3,6-9,16H2,1-2H3. The summed E-state index contributed by atoms with van der Waals surface area (Å²) in [5.74, 6) is 1.47. The van der Waals surface area contributed by atoms with E-state index in [2.05, 4.69) is 16.9 Å². The highest BCUT2D eigenvalue weighted by molar-refractivity contribution is 5.67. The number of pyridine rings is 1. The molecule has 102 valence electrons. The summed E-state index contributed by atoms with van der Waals surface area (Å²) in [5, 5.41) is 0. The third-order valence-electron chi connectivity index (χ3n) is 4.39. The molecule has 0 unspecified atom stereocenters. The van der Waals surface area contributed by atoms with E-state index in [-0.39, 0.29) is 0 Å². The summed E-state index contributed by atoms with van der Waals surface area (Å²) >= 11 is 0. The quantitative estimate of drug-likeness (QED) is 0.898. The molecule has 2 heterocycles. The molecule has 1 aliphatic rings. The van der Waals surface area contributed by atoms with Crippen LogP contribution in [-0.4, -0.2) is 9.97 Å². The van der Waals surface area contributed by atoms with E-state index in [0.29, 0.717) is 11.5 Å². The molecule has 0 aromatic carbocycles. The molecule has 3 rings (SSSR count). The van der Waals surface area contributed by atoms with Gasteiger partial charge in [-0.05, 0) is 50.7 Å². The fraction of sp³-hybridized carbons (Fsp3) is 0.600. The van der Waals surface area contributed by atoms with Gasteiger partial charge >= 0.3 is 0 Å². The van der Waals surface area contributed by atoms with Crippen LogP contribution in [0.3, 0.4) is 0 Å². The van der Waals surface area contributed by atoms with Crippen molar-refractivity contribution in [3.05, 3.63) is 23.7 Å². The van der Waals surface area contributed by atoms with Gasteiger partial charge in [-0.3, -0.25) is 0 Å². The largest absolute Gasteiger partial charge is 0.437 e. The number of oxazole rings is 1. The van der Waals surface area contributed by atoms with Crippen LogP contribution >= 0.6 is 0 Å². The lowest BCUT2D eigenvalue weighted by Crippen LogP contribution is -2.40. The summed E-state index contributed by atoms with van der Waals surface area (Å²) in [5.41, 5.74) is 8.48. The predicted octanol–water partition coefficient (Wildman–Crippen LogP) is 3.29. The van der Waals surface area contributed by atoms with Gasteiger partial charge in [0.2, 0.25) is 5.89 Å². The molecule has 0 aliphatic heterocycles. The van der Waals surface area contributed by atoms with Gasteiger partial charge < -0.3 is 10.2 Å². The summed E-state index contributed by atoms with van der Waals surface area (Å²) in [6.07, 6.45) is 5.48. The summed E-state index contributed by atoms with van der Waals surface area (Å²) < 4.78 is 5.84. The van der Waals surface area contributed by atoms with Gasteiger partial charge in [0.1, 0.15) is 0 Å². The van der Waals surface area contributed by atoms with E-state index in [9.17, 15) is 0 Å². The topological polar surface area (TPSA) is 64.9 Å². The van der Waals surface area contributed by atoms with Crippen LogP contribution in [-0.2, 0) is 5.54 Å². The van der Waals surface area contributed by atoms with E-state index in [1.807, 2.05) is 19.1 Å². The van der Waals surface area contributed by atoms with Crippen molar-refractivity contribution in [3.63, 3.8) is 0 Å². The zero-order chi connectivity index (χ0) is 13.5. The Morgan fingerprint density at radius 3 is 2.74 bits per heavy atom. The summed E-state index contributed by atoms with van der Waals surface area (Å²) in [4.78, 5) is 8.91. The summed E-state index contributed by atoms with van der Waals surface area (Å²) in [7, 11) is 0. The van der Waals surface area contributed by atoms with E-state index in [1.54, 1.807) is 0 Å². The molecule has 1 saturated carbocycles. The Kier molecular flexibility index (Phi) is 3.05. The number of rotatable bonds is 2. The number of fused-ring (bicyclic) bond motifs is 1. The minimum atomic E-state index is -0.403. The number of aryl methyl sites for hydroxylation is 1. The van der Waals surface area contributed by atoms with E-state index in [1.165, 1.54) is 6.42 Å². The van der Waals surface area contributed by atoms with Crippen LogP contribution in [0.5, 0.6) is 0 Å². The van der Waals surface area contributed by atoms with Crippen molar-refractivity contribution in [1.29, 1.82) is 0 Å². The van der Waals surface area contributed by atoms with Crippen LogP contribution in [0.4, 0.5) is 0 Å². The van der Waals surface area contributed by atoms with Gasteiger partial charge in [0.05, 0.1) is 5.54 Å². The molecule has 2 aromatic heterocycles. The Hall–Kier alpha value is -1.42. The summed E-state index contributed by atoms with van der Waals surface area (Å²) in [6, 6.07) is 3.86. The van der Waals surface area contributed by atoms with Crippen molar-refractivity contribution in [2.75, 3.05) is 0 Å². The molecule has 4 nitrogen and oxygen atoms in total. The fourth-order valence-corrected chi connectivity index (χ4v) is 2.94. The molecule has 0 bridgehead atoms. The minimum absolute atomic E-state index is 0.403. The average molecular weight is 259 g/mol. The number of hydrogen-bond donors (Lipinski definition) is 1. The molecule has 0 amide bonds. The highest BCUT2D eigenvalue weighted by atomic mass is 16.4. The van der Waals surface area contributed by atoms with Gasteiger partial charge in [0.25, 0.3) is 0 Å². The summed E-state index contributed by atoms with van der Waals surface area (Å²) in [6.45, 7) is 4.21. The van der Waals surface area contributed by atoms with Gasteiger partial charge in [-0.15, -0.1) is 0 Å². The van der Waals surface area contributed by atoms with Crippen molar-refractivity contribution in [2.45, 2.75) is 51.5 Å². The molecule has 19 heavy (non-hydrogen) atoms. The molecule has 1 aliphatic carbocycles. The fourth-order valence-electron chi connectivity index (χ4n) is 2.94. The molecule has 0 radical (unpaired) electrons. The van der Waals surface area contributed by atoms with Crippen LogP contribution in [0, 0.1) is 12.8 Å². The molecule has 1 fully saturated rings. The van der Waals surface area contributed by atoms with Gasteiger partial charge in [0, 0.05) is 5.69 Å². The first-order chi connectivity index (χ1) is 9.10. The first-order valence-electron chi connectivity index (χ1n) is 7.14. The maximum absolute atomic E-state index is 6.52. The van der Waals surface area contributed by atoms with Crippen LogP contribution < -0.4 is 5.73 Å². The van der Waals surface area contributed by atoms with Crippen molar-refractivity contribution in [3.8, 4) is 0 Å². The van der Waals surface area contributed by atoms with Crippen molar-refractivity contribution < 1.29 is 4.42 Å². The Labute approximate surface area is 113 Å². The van der Waals surface area contributed by atoms with Crippen LogP contribution in [0.15, 0.2) is 16.5 Å². The Balaban J connectivity index is 1.91. The Bertz CT molecular complexity index is 582. The highest BCUT2D eigenvalue weighted by Crippen LogP contribution is 2.38. The van der Waals surface area contributed by atoms with Gasteiger partial charge in [-0.2, -0.15) is 4.98 Å². The van der Waals surface area contributed by atoms with Crippen LogP contribution in [0.1, 0.15) is 50.6 Å². The van der Waals surface area contributed by atoms with Gasteiger partial charge in [-0.1, -0.05) is 13.3 Å². The Morgan fingerprint density at radius 1 is 1.32 bits per heavy atom. The van der Waals surface area contributed by atoms with Gasteiger partial charge in [-0.25, -0.2) is 4.98 Å². The third kappa shape index (κ3) is 2.25. The molecule has 2 aromatic rings. The molecule has 0 saturated heterocycles. The average Bonchev–Trinajstić information content (AvgIpc) is 2.83. The lowest BCUT2D eigenvalue weighted by Gasteiger charge is -2.34. The molecule has 0 spiro atoms. The monoisotopic (exact) mass is 259 g/mol. The van der Waals surface area contributed by atoms with Gasteiger partial charge in [0.15, 0.2) is 11.2 Å². The normalized spacial score (nSPS) is 27.8. The zero-order valence-electron chi connectivity index (χ0n) is 11.6. The lowest BCUT2D eigenvalue weighted by atomic mass is 9.76. The van der Waals surface area contributed by atoms with E-state index in [0.717, 1.165) is 42.9 Å². The van der Waals surface area contributed by atoms with E-state index >= 15 is 0 Å². The maximum Gasteiger partial charge on any atom is 0.217 e. The van der Waals surface area contributed by atoms with Crippen LogP contribution in [0.2, 0.25) is 0 Å². The van der Waals surface area contributed by atoms with E-state index < -0.39 is 5.54 Å². The van der Waals surface area contributed by atoms with Crippen molar-refractivity contribution in [2.24, 2.45) is 11.7 Å². The number of nitrogens with zero attached hydrogens (tertiary/aromatic N) is 2. The first kappa shape index (κ1) is 12.6. The predicted molar refractivity (Wildman–Crippen MR) is 74.7 cm³/mol. The number of hydrogen-bond acceptors (Lipinski definition) is 4. The molecule has 0 atom stereocenters. The second-order valence-corrected chi connectivity index (χ2v) is 5.80. The lowest BCUT2D eigenvalue weighted by molar-refractivity contribution is 0.198. The third-order valence-corrected chi connectivity index (χ3v) is 4.39. The molecule has 2 N–H and O–H groups in total. The second-order valence-electron chi connectivity index (χ2n) is 5.80. The number of aromatic nitrogens is 2. The molecular formula is C15H21N3O. The Morgan fingerprint density at radius 2 is 2.05 bits per heavy atom. The highest BCUT2D eigenvalue weighted by Gasteiger charge is 2.37. The second kappa shape index (κ2) is 4.60. The minimum Gasteiger partial charge on any atom is -0.437 e. The van der Waals surface area contributed by atoms with Crippen LogP contribution in [0.25, 0.3) is 11.2 Å². The molecular weight excluding hydrogens is 238 g/mol. The van der Waals surface area contributed by atoms with Crippen molar-refractivity contribution in [1.82, 2.24) is 9.97 Å². The van der Waals surface area contributed by atoms with E-state index in [4.69, 9.17) is 10.2 Å². The maximum atomic E-state index is 6.52. The zero-order valence-corrected chi connectivity index (χ0v) is 11.6. The number of nitrogens with two attached hydrogens (primary N) is 1. The molecule has 4 heteroatoms. The van der Waals surface area contributed by atoms with Crippen molar-refractivity contribution >= 4 is 11.2 Å². The first-order valence-corrected chi connectivity index (χ1v) is 7.14. The SMILES string of the molecule is CCC1CCC(N)(c2nc3nc(C)ccc3o2)CC1. The smallest absolute Gasteiger partial charge is 0.217 e.